The molecule has 0 bridgehead atoms. The van der Waals surface area contributed by atoms with Crippen molar-refractivity contribution in [3.05, 3.63) is 18.2 Å². The molecule has 0 unspecified atom stereocenters. The van der Waals surface area contributed by atoms with E-state index in [9.17, 15) is 13.2 Å². The third kappa shape index (κ3) is 6.64. The fraction of sp³-hybridized carbons (Fsp3) is 0.619. The Morgan fingerprint density at radius 1 is 1.29 bits per heavy atom. The number of aromatic nitrogens is 1. The van der Waals surface area contributed by atoms with Gasteiger partial charge in [-0.25, -0.2) is 18.9 Å². The summed E-state index contributed by atoms with van der Waals surface area (Å²) in [6, 6.07) is 3.72. The molecule has 1 aliphatic carbocycles. The molecule has 0 spiro atoms. The standard InChI is InChI=1S/C21H31N3O4S3/c1-14(2)19(20(25)23-26)24-31(27,28)16-10-11-17-18(13-16)30-21(22-17)29-12-6-9-15-7-4-3-5-8-15/h10-11,13-15,19,24,26H,3-9,12H2,1-2H3,(H,23,25)/t19-/m1/s1. The van der Waals surface area contributed by atoms with E-state index in [2.05, 4.69) is 9.71 Å². The van der Waals surface area contributed by atoms with Crippen LogP contribution in [0.5, 0.6) is 0 Å². The van der Waals surface area contributed by atoms with Gasteiger partial charge in [-0.3, -0.25) is 10.0 Å². The third-order valence-electron chi connectivity index (χ3n) is 5.70. The minimum absolute atomic E-state index is 0.0777. The summed E-state index contributed by atoms with van der Waals surface area (Å²) in [6.07, 6.45) is 9.33. The van der Waals surface area contributed by atoms with Gasteiger partial charge in [0, 0.05) is 5.75 Å². The van der Waals surface area contributed by atoms with E-state index < -0.39 is 22.0 Å². The molecule has 1 amide bonds. The molecule has 1 aromatic carbocycles. The fourth-order valence-electron chi connectivity index (χ4n) is 3.92. The number of carbonyl (C=O) groups excluding carboxylic acids is 1. The van der Waals surface area contributed by atoms with E-state index in [0.29, 0.717) is 0 Å². The molecule has 1 atom stereocenters. The van der Waals surface area contributed by atoms with Crippen LogP contribution in [0, 0.1) is 11.8 Å². The van der Waals surface area contributed by atoms with Gasteiger partial charge in [0.2, 0.25) is 10.0 Å². The van der Waals surface area contributed by atoms with Gasteiger partial charge in [-0.1, -0.05) is 57.7 Å². The second-order valence-electron chi connectivity index (χ2n) is 8.42. The molecule has 2 aromatic rings. The van der Waals surface area contributed by atoms with Crippen molar-refractivity contribution in [3.63, 3.8) is 0 Å². The lowest BCUT2D eigenvalue weighted by Gasteiger charge is -2.20. The zero-order valence-corrected chi connectivity index (χ0v) is 20.4. The topological polar surface area (TPSA) is 108 Å². The predicted molar refractivity (Wildman–Crippen MR) is 125 cm³/mol. The van der Waals surface area contributed by atoms with Crippen molar-refractivity contribution in [1.82, 2.24) is 15.2 Å². The van der Waals surface area contributed by atoms with E-state index >= 15 is 0 Å². The Hall–Kier alpha value is -1.20. The number of amides is 1. The summed E-state index contributed by atoms with van der Waals surface area (Å²) in [6.45, 7) is 3.40. The molecule has 1 heterocycles. The molecule has 0 aliphatic heterocycles. The lowest BCUT2D eigenvalue weighted by Crippen LogP contribution is -2.48. The normalized spacial score (nSPS) is 16.6. The number of hydroxylamine groups is 1. The summed E-state index contributed by atoms with van der Waals surface area (Å²) < 4.78 is 29.7. The van der Waals surface area contributed by atoms with Gasteiger partial charge < -0.3 is 0 Å². The van der Waals surface area contributed by atoms with E-state index in [4.69, 9.17) is 5.21 Å². The highest BCUT2D eigenvalue weighted by molar-refractivity contribution is 8.01. The van der Waals surface area contributed by atoms with Crippen LogP contribution in [0.4, 0.5) is 0 Å². The van der Waals surface area contributed by atoms with Crippen molar-refractivity contribution in [2.45, 2.75) is 74.1 Å². The molecule has 0 radical (unpaired) electrons. The van der Waals surface area contributed by atoms with Crippen LogP contribution in [0.3, 0.4) is 0 Å². The first-order valence-electron chi connectivity index (χ1n) is 10.8. The molecule has 31 heavy (non-hydrogen) atoms. The largest absolute Gasteiger partial charge is 0.289 e. The summed E-state index contributed by atoms with van der Waals surface area (Å²) >= 11 is 3.22. The number of nitrogens with zero attached hydrogens (tertiary/aromatic N) is 1. The quantitative estimate of drug-likeness (QED) is 0.197. The molecule has 172 valence electrons. The van der Waals surface area contributed by atoms with Crippen molar-refractivity contribution in [3.8, 4) is 0 Å². The highest BCUT2D eigenvalue weighted by atomic mass is 32.2. The van der Waals surface area contributed by atoms with Crippen LogP contribution in [-0.4, -0.2) is 36.3 Å². The Balaban J connectivity index is 1.63. The molecule has 10 heteroatoms. The van der Waals surface area contributed by atoms with Gasteiger partial charge >= 0.3 is 0 Å². The number of carbonyl (C=O) groups is 1. The SMILES string of the molecule is CC(C)[C@@H](NS(=O)(=O)c1ccc2nc(SCCCC3CCCCC3)sc2c1)C(=O)NO. The van der Waals surface area contributed by atoms with Crippen LogP contribution >= 0.6 is 23.1 Å². The van der Waals surface area contributed by atoms with Gasteiger partial charge in [-0.15, -0.1) is 11.3 Å². The minimum Gasteiger partial charge on any atom is -0.289 e. The van der Waals surface area contributed by atoms with Gasteiger partial charge in [0.15, 0.2) is 4.34 Å². The van der Waals surface area contributed by atoms with E-state index in [-0.39, 0.29) is 10.8 Å². The molecule has 3 N–H and O–H groups in total. The van der Waals surface area contributed by atoms with E-state index in [1.165, 1.54) is 67.8 Å². The number of sulfonamides is 1. The van der Waals surface area contributed by atoms with Crippen molar-refractivity contribution >= 4 is 49.2 Å². The van der Waals surface area contributed by atoms with Crippen molar-refractivity contribution < 1.29 is 18.4 Å². The molecule has 3 rings (SSSR count). The molecule has 1 aromatic heterocycles. The summed E-state index contributed by atoms with van der Waals surface area (Å²) in [5.74, 6) is 0.789. The van der Waals surface area contributed by atoms with Crippen LogP contribution in [-0.2, 0) is 14.8 Å². The van der Waals surface area contributed by atoms with Gasteiger partial charge in [-0.05, 0) is 42.9 Å². The monoisotopic (exact) mass is 485 g/mol. The Bertz CT molecular complexity index is 985. The highest BCUT2D eigenvalue weighted by Gasteiger charge is 2.28. The molecular weight excluding hydrogens is 454 g/mol. The molecule has 0 saturated heterocycles. The Morgan fingerprint density at radius 2 is 2.03 bits per heavy atom. The van der Waals surface area contributed by atoms with E-state index in [1.807, 2.05) is 0 Å². The number of thioether (sulfide) groups is 1. The average molecular weight is 486 g/mol. The predicted octanol–water partition coefficient (Wildman–Crippen LogP) is 4.56. The Kier molecular flexibility index (Phi) is 8.74. The first kappa shape index (κ1) is 24.4. The summed E-state index contributed by atoms with van der Waals surface area (Å²) in [5, 5.41) is 8.88. The van der Waals surface area contributed by atoms with Crippen LogP contribution < -0.4 is 10.2 Å². The molecule has 1 aliphatic rings. The lowest BCUT2D eigenvalue weighted by atomic mass is 9.86. The number of thiazole rings is 1. The molecule has 7 nitrogen and oxygen atoms in total. The Morgan fingerprint density at radius 3 is 2.71 bits per heavy atom. The van der Waals surface area contributed by atoms with Crippen LogP contribution in [0.15, 0.2) is 27.4 Å². The van der Waals surface area contributed by atoms with Crippen molar-refractivity contribution in [1.29, 1.82) is 0 Å². The highest BCUT2D eigenvalue weighted by Crippen LogP contribution is 2.33. The lowest BCUT2D eigenvalue weighted by molar-refractivity contribution is -0.131. The van der Waals surface area contributed by atoms with Crippen LogP contribution in [0.1, 0.15) is 58.8 Å². The van der Waals surface area contributed by atoms with Gasteiger partial charge in [0.25, 0.3) is 5.91 Å². The second-order valence-corrected chi connectivity index (χ2v) is 12.5. The summed E-state index contributed by atoms with van der Waals surface area (Å²) in [4.78, 5) is 16.5. The zero-order valence-electron chi connectivity index (χ0n) is 18.0. The van der Waals surface area contributed by atoms with Crippen LogP contribution in [0.25, 0.3) is 10.2 Å². The maximum atomic E-state index is 12.8. The van der Waals surface area contributed by atoms with Crippen molar-refractivity contribution in [2.75, 3.05) is 5.75 Å². The number of nitrogens with one attached hydrogen (secondary N) is 2. The van der Waals surface area contributed by atoms with E-state index in [1.54, 1.807) is 37.7 Å². The smallest absolute Gasteiger partial charge is 0.261 e. The Labute approximate surface area is 192 Å². The first-order valence-corrected chi connectivity index (χ1v) is 14.1. The minimum atomic E-state index is -3.93. The maximum Gasteiger partial charge on any atom is 0.261 e. The number of hydrogen-bond donors (Lipinski definition) is 3. The van der Waals surface area contributed by atoms with Gasteiger partial charge in [-0.2, -0.15) is 4.72 Å². The fourth-order valence-corrected chi connectivity index (χ4v) is 7.50. The second kappa shape index (κ2) is 11.1. The molecule has 1 fully saturated rings. The molecular formula is C21H31N3O4S3. The first-order chi connectivity index (χ1) is 14.8. The van der Waals surface area contributed by atoms with Crippen molar-refractivity contribution in [2.24, 2.45) is 11.8 Å². The number of hydrogen-bond acceptors (Lipinski definition) is 7. The average Bonchev–Trinajstić information content (AvgIpc) is 3.17. The van der Waals surface area contributed by atoms with Gasteiger partial charge in [0.1, 0.15) is 6.04 Å². The van der Waals surface area contributed by atoms with Crippen LogP contribution in [0.2, 0.25) is 0 Å². The molecule has 1 saturated carbocycles. The van der Waals surface area contributed by atoms with E-state index in [0.717, 1.165) is 26.2 Å². The van der Waals surface area contributed by atoms with Gasteiger partial charge in [0.05, 0.1) is 15.1 Å². The number of rotatable bonds is 10. The number of fused-ring (bicyclic) bond motifs is 1. The number of benzene rings is 1. The zero-order chi connectivity index (χ0) is 22.4. The third-order valence-corrected chi connectivity index (χ3v) is 9.39. The maximum absolute atomic E-state index is 12.8. The summed E-state index contributed by atoms with van der Waals surface area (Å²) in [5.41, 5.74) is 2.29. The summed E-state index contributed by atoms with van der Waals surface area (Å²) in [7, 11) is -3.93.